The summed E-state index contributed by atoms with van der Waals surface area (Å²) < 4.78 is 0. The molecule has 4 nitrogen and oxygen atoms in total. The van der Waals surface area contributed by atoms with E-state index in [4.69, 9.17) is 18.0 Å². The topological polar surface area (TPSA) is 63.4 Å². The average molecular weight is 254 g/mol. The fourth-order valence-corrected chi connectivity index (χ4v) is 2.96. The fraction of sp³-hybridized carbons (Fsp3) is 0.750. The zero-order valence-corrected chi connectivity index (χ0v) is 10.7. The summed E-state index contributed by atoms with van der Waals surface area (Å²) in [5.74, 6) is 0.204. The molecule has 94 valence electrons. The highest BCUT2D eigenvalue weighted by molar-refractivity contribution is 7.80. The molecule has 0 aromatic rings. The molecule has 1 aliphatic heterocycles. The molecule has 1 saturated carbocycles. The van der Waals surface area contributed by atoms with E-state index >= 15 is 0 Å². The first-order valence-corrected chi connectivity index (χ1v) is 6.64. The van der Waals surface area contributed by atoms with Gasteiger partial charge >= 0.3 is 0 Å². The van der Waals surface area contributed by atoms with Crippen molar-refractivity contribution in [2.75, 3.05) is 6.54 Å². The number of likely N-dealkylation sites (tertiary alicyclic amines) is 1. The Kier molecular flexibility index (Phi) is 3.76. The Morgan fingerprint density at radius 3 is 2.41 bits per heavy atom. The standard InChI is InChI=1S/C12H18N2O2S/c13-10(17)5-2-6-14-11(15)8-3-1-4-9(7-8)12(14)16/h8-9H,1-7H2,(H2,13,17). The summed E-state index contributed by atoms with van der Waals surface area (Å²) in [6, 6.07) is 0. The quantitative estimate of drug-likeness (QED) is 0.605. The molecule has 0 aromatic carbocycles. The van der Waals surface area contributed by atoms with Crippen molar-refractivity contribution in [2.45, 2.75) is 38.5 Å². The first-order chi connectivity index (χ1) is 8.09. The third-order valence-electron chi connectivity index (χ3n) is 3.71. The summed E-state index contributed by atoms with van der Waals surface area (Å²) in [6.45, 7) is 0.474. The van der Waals surface area contributed by atoms with E-state index in [1.165, 1.54) is 4.90 Å². The second kappa shape index (κ2) is 5.12. The van der Waals surface area contributed by atoms with Gasteiger partial charge in [0.2, 0.25) is 11.8 Å². The Morgan fingerprint density at radius 2 is 1.88 bits per heavy atom. The van der Waals surface area contributed by atoms with E-state index < -0.39 is 0 Å². The van der Waals surface area contributed by atoms with Gasteiger partial charge in [-0.15, -0.1) is 0 Å². The third-order valence-corrected chi connectivity index (χ3v) is 3.91. The summed E-state index contributed by atoms with van der Waals surface area (Å²) in [5, 5.41) is 0. The highest BCUT2D eigenvalue weighted by atomic mass is 32.1. The van der Waals surface area contributed by atoms with Crippen LogP contribution in [0.25, 0.3) is 0 Å². The van der Waals surface area contributed by atoms with Crippen LogP contribution in [-0.4, -0.2) is 28.2 Å². The minimum atomic E-state index is 0.0221. The van der Waals surface area contributed by atoms with Crippen LogP contribution in [0.5, 0.6) is 0 Å². The number of hydrogen-bond donors (Lipinski definition) is 1. The van der Waals surface area contributed by atoms with E-state index in [0.717, 1.165) is 25.7 Å². The number of rotatable bonds is 4. The normalized spacial score (nSPS) is 28.4. The largest absolute Gasteiger partial charge is 0.393 e. The molecule has 2 rings (SSSR count). The smallest absolute Gasteiger partial charge is 0.232 e. The van der Waals surface area contributed by atoms with Gasteiger partial charge in [-0.1, -0.05) is 18.6 Å². The average Bonchev–Trinajstić information content (AvgIpc) is 2.31. The van der Waals surface area contributed by atoms with Crippen LogP contribution < -0.4 is 5.73 Å². The number of amides is 2. The summed E-state index contributed by atoms with van der Waals surface area (Å²) in [6.07, 6.45) is 4.94. The first kappa shape index (κ1) is 12.5. The van der Waals surface area contributed by atoms with Crippen LogP contribution >= 0.6 is 12.2 Å². The molecule has 17 heavy (non-hydrogen) atoms. The van der Waals surface area contributed by atoms with Gasteiger partial charge in [-0.25, -0.2) is 0 Å². The molecule has 2 atom stereocenters. The van der Waals surface area contributed by atoms with E-state index in [-0.39, 0.29) is 23.7 Å². The highest BCUT2D eigenvalue weighted by Gasteiger charge is 2.42. The van der Waals surface area contributed by atoms with Crippen LogP contribution in [0.4, 0.5) is 0 Å². The second-order valence-corrected chi connectivity index (χ2v) is 5.48. The molecule has 5 heteroatoms. The molecule has 2 bridgehead atoms. The van der Waals surface area contributed by atoms with E-state index in [1.54, 1.807) is 0 Å². The van der Waals surface area contributed by atoms with Gasteiger partial charge < -0.3 is 5.73 Å². The van der Waals surface area contributed by atoms with E-state index in [9.17, 15) is 9.59 Å². The number of carbonyl (C=O) groups excluding carboxylic acids is 2. The molecule has 1 aliphatic carbocycles. The predicted octanol–water partition coefficient (Wildman–Crippen LogP) is 1.23. The monoisotopic (exact) mass is 254 g/mol. The summed E-state index contributed by atoms with van der Waals surface area (Å²) >= 11 is 4.79. The molecule has 2 amide bonds. The van der Waals surface area contributed by atoms with Crippen molar-refractivity contribution >= 4 is 29.0 Å². The second-order valence-electron chi connectivity index (χ2n) is 4.96. The maximum atomic E-state index is 12.1. The van der Waals surface area contributed by atoms with Crippen LogP contribution in [0.2, 0.25) is 0 Å². The van der Waals surface area contributed by atoms with Gasteiger partial charge in [0, 0.05) is 18.4 Å². The maximum absolute atomic E-state index is 12.1. The van der Waals surface area contributed by atoms with E-state index in [0.29, 0.717) is 24.4 Å². The van der Waals surface area contributed by atoms with Gasteiger partial charge in [-0.3, -0.25) is 14.5 Å². The fourth-order valence-electron chi connectivity index (χ4n) is 2.82. The molecular formula is C12H18N2O2S. The third kappa shape index (κ3) is 2.65. The number of carbonyl (C=O) groups is 2. The van der Waals surface area contributed by atoms with Crippen molar-refractivity contribution in [3.8, 4) is 0 Å². The van der Waals surface area contributed by atoms with Crippen molar-refractivity contribution in [2.24, 2.45) is 17.6 Å². The lowest BCUT2D eigenvalue weighted by Crippen LogP contribution is -2.51. The van der Waals surface area contributed by atoms with Crippen molar-refractivity contribution < 1.29 is 9.59 Å². The lowest BCUT2D eigenvalue weighted by molar-refractivity contribution is -0.158. The molecule has 0 aromatic heterocycles. The Balaban J connectivity index is 1.97. The van der Waals surface area contributed by atoms with Crippen molar-refractivity contribution in [3.63, 3.8) is 0 Å². The minimum Gasteiger partial charge on any atom is -0.393 e. The lowest BCUT2D eigenvalue weighted by Gasteiger charge is -2.38. The molecule has 0 radical (unpaired) electrons. The van der Waals surface area contributed by atoms with Gasteiger partial charge in [-0.05, 0) is 32.1 Å². The molecule has 0 spiro atoms. The first-order valence-electron chi connectivity index (χ1n) is 6.23. The number of nitrogens with two attached hydrogens (primary N) is 1. The Morgan fingerprint density at radius 1 is 1.29 bits per heavy atom. The van der Waals surface area contributed by atoms with Gasteiger partial charge in [-0.2, -0.15) is 0 Å². The predicted molar refractivity (Wildman–Crippen MR) is 68.2 cm³/mol. The van der Waals surface area contributed by atoms with Crippen molar-refractivity contribution in [1.29, 1.82) is 0 Å². The Labute approximate surface area is 107 Å². The van der Waals surface area contributed by atoms with Crippen LogP contribution in [0.1, 0.15) is 38.5 Å². The molecule has 2 fully saturated rings. The summed E-state index contributed by atoms with van der Waals surface area (Å²) in [4.78, 5) is 26.0. The number of nitrogens with zero attached hydrogens (tertiary/aromatic N) is 1. The van der Waals surface area contributed by atoms with Crippen LogP contribution in [0.3, 0.4) is 0 Å². The van der Waals surface area contributed by atoms with Gasteiger partial charge in [0.15, 0.2) is 0 Å². The van der Waals surface area contributed by atoms with Gasteiger partial charge in [0.05, 0.1) is 4.99 Å². The van der Waals surface area contributed by atoms with Gasteiger partial charge in [0.1, 0.15) is 0 Å². The number of piperidine rings is 1. The van der Waals surface area contributed by atoms with Crippen LogP contribution in [0, 0.1) is 11.8 Å². The van der Waals surface area contributed by atoms with E-state index in [2.05, 4.69) is 0 Å². The van der Waals surface area contributed by atoms with Crippen LogP contribution in [-0.2, 0) is 9.59 Å². The van der Waals surface area contributed by atoms with E-state index in [1.807, 2.05) is 0 Å². The molecular weight excluding hydrogens is 236 g/mol. The summed E-state index contributed by atoms with van der Waals surface area (Å²) in [5.41, 5.74) is 5.41. The molecule has 1 saturated heterocycles. The Hall–Kier alpha value is -0.970. The zero-order valence-electron chi connectivity index (χ0n) is 9.85. The SMILES string of the molecule is NC(=S)CCCN1C(=O)C2CCCC(C2)C1=O. The van der Waals surface area contributed by atoms with Crippen molar-refractivity contribution in [3.05, 3.63) is 0 Å². The minimum absolute atomic E-state index is 0.0221. The molecule has 2 N–H and O–H groups in total. The maximum Gasteiger partial charge on any atom is 0.232 e. The lowest BCUT2D eigenvalue weighted by atomic mass is 9.77. The number of fused-ring (bicyclic) bond motifs is 2. The van der Waals surface area contributed by atoms with Crippen molar-refractivity contribution in [1.82, 2.24) is 4.90 Å². The van der Waals surface area contributed by atoms with Gasteiger partial charge in [0.25, 0.3) is 0 Å². The molecule has 2 aliphatic rings. The van der Waals surface area contributed by atoms with Crippen LogP contribution in [0.15, 0.2) is 0 Å². The zero-order chi connectivity index (χ0) is 12.4. The summed E-state index contributed by atoms with van der Waals surface area (Å²) in [7, 11) is 0. The number of hydrogen-bond acceptors (Lipinski definition) is 3. The number of imide groups is 1. The molecule has 2 unspecified atom stereocenters. The molecule has 1 heterocycles. The Bertz CT molecular complexity index is 334. The number of thiocarbonyl (C=S) groups is 1. The highest BCUT2D eigenvalue weighted by Crippen LogP contribution is 2.36.